The fourth-order valence-corrected chi connectivity index (χ4v) is 2.21. The lowest BCUT2D eigenvalue weighted by atomic mass is 9.94. The van der Waals surface area contributed by atoms with Gasteiger partial charge in [0.2, 0.25) is 5.91 Å². The summed E-state index contributed by atoms with van der Waals surface area (Å²) in [5, 5.41) is 11.8. The molecule has 1 fully saturated rings. The first-order valence-electron chi connectivity index (χ1n) is 6.57. The van der Waals surface area contributed by atoms with E-state index in [9.17, 15) is 9.59 Å². The molecule has 1 aliphatic rings. The van der Waals surface area contributed by atoms with E-state index in [4.69, 9.17) is 5.11 Å². The Kier molecular flexibility index (Phi) is 3.60. The smallest absolute Gasteiger partial charge is 0.308 e. The average molecular weight is 261 g/mol. The van der Waals surface area contributed by atoms with E-state index in [1.807, 2.05) is 30.3 Å². The highest BCUT2D eigenvalue weighted by Gasteiger charge is 2.51. The number of carboxylic acid groups (broad SMARTS) is 1. The molecule has 4 heteroatoms. The number of rotatable bonds is 5. The van der Waals surface area contributed by atoms with Gasteiger partial charge in [-0.1, -0.05) is 30.3 Å². The van der Waals surface area contributed by atoms with Crippen molar-refractivity contribution >= 4 is 11.9 Å². The minimum absolute atomic E-state index is 0.0562. The highest BCUT2D eigenvalue weighted by Crippen LogP contribution is 2.48. The highest BCUT2D eigenvalue weighted by molar-refractivity contribution is 5.91. The van der Waals surface area contributed by atoms with Gasteiger partial charge in [-0.05, 0) is 32.3 Å². The number of nitrogens with one attached hydrogen (secondary N) is 1. The summed E-state index contributed by atoms with van der Waals surface area (Å²) in [7, 11) is 0. The quantitative estimate of drug-likeness (QED) is 0.851. The predicted molar refractivity (Wildman–Crippen MR) is 71.8 cm³/mol. The van der Waals surface area contributed by atoms with Crippen LogP contribution in [-0.2, 0) is 15.0 Å². The Balaban J connectivity index is 2.07. The van der Waals surface area contributed by atoms with Gasteiger partial charge in [0, 0.05) is 6.04 Å². The molecule has 2 N–H and O–H groups in total. The second-order valence-electron chi connectivity index (χ2n) is 5.34. The summed E-state index contributed by atoms with van der Waals surface area (Å²) < 4.78 is 0. The van der Waals surface area contributed by atoms with Gasteiger partial charge in [-0.15, -0.1) is 0 Å². The van der Waals surface area contributed by atoms with Gasteiger partial charge in [-0.25, -0.2) is 0 Å². The fourth-order valence-electron chi connectivity index (χ4n) is 2.21. The molecule has 1 saturated carbocycles. The molecule has 1 aliphatic carbocycles. The second kappa shape index (κ2) is 5.03. The monoisotopic (exact) mass is 261 g/mol. The first-order chi connectivity index (χ1) is 8.97. The Morgan fingerprint density at radius 1 is 1.21 bits per heavy atom. The maximum atomic E-state index is 12.4. The standard InChI is InChI=1S/C15H19NO3/c1-10(13(17)18)11(2)16-14(19)15(8-9-15)12-6-4-3-5-7-12/h3-7,10-11H,8-9H2,1-2H3,(H,16,19)(H,17,18). The number of hydrogen-bond acceptors (Lipinski definition) is 2. The van der Waals surface area contributed by atoms with E-state index in [-0.39, 0.29) is 11.9 Å². The first kappa shape index (κ1) is 13.6. The van der Waals surface area contributed by atoms with Crippen LogP contribution in [0.3, 0.4) is 0 Å². The van der Waals surface area contributed by atoms with Crippen molar-refractivity contribution in [1.82, 2.24) is 5.32 Å². The van der Waals surface area contributed by atoms with Crippen LogP contribution in [0.4, 0.5) is 0 Å². The molecule has 0 heterocycles. The zero-order valence-electron chi connectivity index (χ0n) is 11.2. The lowest BCUT2D eigenvalue weighted by Gasteiger charge is -2.22. The summed E-state index contributed by atoms with van der Waals surface area (Å²) in [6.45, 7) is 3.34. The van der Waals surface area contributed by atoms with E-state index in [1.54, 1.807) is 13.8 Å². The van der Waals surface area contributed by atoms with E-state index < -0.39 is 17.3 Å². The number of amides is 1. The molecule has 0 radical (unpaired) electrons. The van der Waals surface area contributed by atoms with Crippen molar-refractivity contribution in [2.45, 2.75) is 38.1 Å². The fraction of sp³-hybridized carbons (Fsp3) is 0.467. The van der Waals surface area contributed by atoms with Gasteiger partial charge < -0.3 is 10.4 Å². The van der Waals surface area contributed by atoms with Crippen molar-refractivity contribution in [3.05, 3.63) is 35.9 Å². The van der Waals surface area contributed by atoms with Crippen molar-refractivity contribution < 1.29 is 14.7 Å². The zero-order chi connectivity index (χ0) is 14.0. The van der Waals surface area contributed by atoms with Gasteiger partial charge in [-0.2, -0.15) is 0 Å². The number of benzene rings is 1. The Labute approximate surface area is 112 Å². The Bertz CT molecular complexity index is 479. The van der Waals surface area contributed by atoms with Crippen molar-refractivity contribution in [1.29, 1.82) is 0 Å². The topological polar surface area (TPSA) is 66.4 Å². The van der Waals surface area contributed by atoms with E-state index in [0.717, 1.165) is 18.4 Å². The average Bonchev–Trinajstić information content (AvgIpc) is 3.20. The van der Waals surface area contributed by atoms with E-state index in [0.29, 0.717) is 0 Å². The molecular formula is C15H19NO3. The molecule has 102 valence electrons. The van der Waals surface area contributed by atoms with Crippen LogP contribution in [0, 0.1) is 5.92 Å². The lowest BCUT2D eigenvalue weighted by molar-refractivity contribution is -0.142. The largest absolute Gasteiger partial charge is 0.481 e. The number of carboxylic acids is 1. The van der Waals surface area contributed by atoms with Gasteiger partial charge in [0.1, 0.15) is 0 Å². The van der Waals surface area contributed by atoms with Crippen molar-refractivity contribution in [2.24, 2.45) is 5.92 Å². The Morgan fingerprint density at radius 2 is 1.79 bits per heavy atom. The number of aliphatic carboxylic acids is 1. The van der Waals surface area contributed by atoms with Crippen molar-refractivity contribution in [3.8, 4) is 0 Å². The van der Waals surface area contributed by atoms with Gasteiger partial charge in [0.15, 0.2) is 0 Å². The maximum Gasteiger partial charge on any atom is 0.308 e. The van der Waals surface area contributed by atoms with Crippen LogP contribution in [0.15, 0.2) is 30.3 Å². The molecule has 2 unspecified atom stereocenters. The third kappa shape index (κ3) is 2.62. The lowest BCUT2D eigenvalue weighted by Crippen LogP contribution is -2.44. The zero-order valence-corrected chi connectivity index (χ0v) is 11.2. The third-order valence-corrected chi connectivity index (χ3v) is 4.01. The summed E-state index contributed by atoms with van der Waals surface area (Å²) in [5.41, 5.74) is 0.580. The van der Waals surface area contributed by atoms with Crippen LogP contribution >= 0.6 is 0 Å². The molecule has 19 heavy (non-hydrogen) atoms. The molecule has 0 spiro atoms. The van der Waals surface area contributed by atoms with Gasteiger partial charge in [-0.3, -0.25) is 9.59 Å². The molecule has 0 bridgehead atoms. The molecule has 0 aliphatic heterocycles. The molecule has 0 aromatic heterocycles. The van der Waals surface area contributed by atoms with E-state index in [1.165, 1.54) is 0 Å². The van der Waals surface area contributed by atoms with E-state index in [2.05, 4.69) is 5.32 Å². The predicted octanol–water partition coefficient (Wildman–Crippen LogP) is 1.94. The van der Waals surface area contributed by atoms with Crippen molar-refractivity contribution in [3.63, 3.8) is 0 Å². The highest BCUT2D eigenvalue weighted by atomic mass is 16.4. The van der Waals surface area contributed by atoms with Crippen LogP contribution in [0.5, 0.6) is 0 Å². The maximum absolute atomic E-state index is 12.4. The molecule has 4 nitrogen and oxygen atoms in total. The molecule has 2 atom stereocenters. The van der Waals surface area contributed by atoms with Crippen LogP contribution < -0.4 is 5.32 Å². The van der Waals surface area contributed by atoms with Crippen LogP contribution in [0.1, 0.15) is 32.3 Å². The number of hydrogen-bond donors (Lipinski definition) is 2. The summed E-state index contributed by atoms with van der Waals surface area (Å²) in [6.07, 6.45) is 1.66. The van der Waals surface area contributed by atoms with Crippen LogP contribution in [0.25, 0.3) is 0 Å². The van der Waals surface area contributed by atoms with E-state index >= 15 is 0 Å². The summed E-state index contributed by atoms with van der Waals surface area (Å²) in [6, 6.07) is 9.31. The summed E-state index contributed by atoms with van der Waals surface area (Å²) in [4.78, 5) is 23.3. The summed E-state index contributed by atoms with van der Waals surface area (Å²) >= 11 is 0. The molecular weight excluding hydrogens is 242 g/mol. The minimum Gasteiger partial charge on any atom is -0.481 e. The van der Waals surface area contributed by atoms with Crippen LogP contribution in [-0.4, -0.2) is 23.0 Å². The van der Waals surface area contributed by atoms with Crippen molar-refractivity contribution in [2.75, 3.05) is 0 Å². The van der Waals surface area contributed by atoms with Gasteiger partial charge in [0.25, 0.3) is 0 Å². The van der Waals surface area contributed by atoms with Gasteiger partial charge in [0.05, 0.1) is 11.3 Å². The SMILES string of the molecule is CC(NC(=O)C1(c2ccccc2)CC1)C(C)C(=O)O. The molecule has 1 aromatic carbocycles. The minimum atomic E-state index is -0.891. The Morgan fingerprint density at radius 3 is 2.26 bits per heavy atom. The normalized spacial score (nSPS) is 19.3. The second-order valence-corrected chi connectivity index (χ2v) is 5.34. The third-order valence-electron chi connectivity index (χ3n) is 4.01. The summed E-state index contributed by atoms with van der Waals surface area (Å²) in [5.74, 6) is -1.54. The number of carbonyl (C=O) groups excluding carboxylic acids is 1. The molecule has 1 aromatic rings. The Hall–Kier alpha value is -1.84. The first-order valence-corrected chi connectivity index (χ1v) is 6.57. The molecule has 2 rings (SSSR count). The molecule has 0 saturated heterocycles. The van der Waals surface area contributed by atoms with Gasteiger partial charge >= 0.3 is 5.97 Å². The van der Waals surface area contributed by atoms with Crippen LogP contribution in [0.2, 0.25) is 0 Å². The molecule has 1 amide bonds. The number of carbonyl (C=O) groups is 2.